The highest BCUT2D eigenvalue weighted by molar-refractivity contribution is 5.75. The highest BCUT2D eigenvalue weighted by Crippen LogP contribution is 2.18. The number of nitrogens with one attached hydrogen (secondary N) is 2. The third-order valence-electron chi connectivity index (χ3n) is 3.85. The summed E-state index contributed by atoms with van der Waals surface area (Å²) in [5.41, 5.74) is 1.02. The molecule has 0 aromatic heterocycles. The lowest BCUT2D eigenvalue weighted by molar-refractivity contribution is -0.121. The molecule has 1 aliphatic rings. The van der Waals surface area contributed by atoms with Crippen LogP contribution < -0.4 is 15.4 Å². The Kier molecular flexibility index (Phi) is 5.87. The lowest BCUT2D eigenvalue weighted by Gasteiger charge is -2.22. The Labute approximate surface area is 120 Å². The van der Waals surface area contributed by atoms with Crippen LogP contribution >= 0.6 is 0 Å². The summed E-state index contributed by atoms with van der Waals surface area (Å²) >= 11 is 0. The SMILES string of the molecule is COc1ccccc1CNC(=O)CCC1CCCNC1. The van der Waals surface area contributed by atoms with Gasteiger partial charge in [0.25, 0.3) is 0 Å². The molecule has 2 rings (SSSR count). The van der Waals surface area contributed by atoms with Gasteiger partial charge in [0.1, 0.15) is 5.75 Å². The van der Waals surface area contributed by atoms with Crippen molar-refractivity contribution in [2.75, 3.05) is 20.2 Å². The number of ether oxygens (including phenoxy) is 1. The van der Waals surface area contributed by atoms with Gasteiger partial charge in [-0.2, -0.15) is 0 Å². The zero-order valence-corrected chi connectivity index (χ0v) is 12.2. The quantitative estimate of drug-likeness (QED) is 0.836. The molecule has 1 aromatic carbocycles. The maximum Gasteiger partial charge on any atom is 0.220 e. The highest BCUT2D eigenvalue weighted by atomic mass is 16.5. The number of rotatable bonds is 6. The number of benzene rings is 1. The first-order valence-electron chi connectivity index (χ1n) is 7.39. The minimum absolute atomic E-state index is 0.126. The van der Waals surface area contributed by atoms with Gasteiger partial charge in [-0.05, 0) is 44.3 Å². The van der Waals surface area contributed by atoms with E-state index < -0.39 is 0 Å². The number of methoxy groups -OCH3 is 1. The predicted molar refractivity (Wildman–Crippen MR) is 79.7 cm³/mol. The van der Waals surface area contributed by atoms with Crippen LogP contribution in [0.25, 0.3) is 0 Å². The van der Waals surface area contributed by atoms with Crippen molar-refractivity contribution in [3.8, 4) is 5.75 Å². The van der Waals surface area contributed by atoms with Gasteiger partial charge < -0.3 is 15.4 Å². The molecule has 1 unspecified atom stereocenters. The van der Waals surface area contributed by atoms with Crippen molar-refractivity contribution in [3.63, 3.8) is 0 Å². The second-order valence-electron chi connectivity index (χ2n) is 5.34. The van der Waals surface area contributed by atoms with Gasteiger partial charge in [0, 0.05) is 18.5 Å². The Hall–Kier alpha value is -1.55. The molecular formula is C16H24N2O2. The van der Waals surface area contributed by atoms with Gasteiger partial charge >= 0.3 is 0 Å². The van der Waals surface area contributed by atoms with E-state index >= 15 is 0 Å². The fraction of sp³-hybridized carbons (Fsp3) is 0.562. The Morgan fingerprint density at radius 3 is 3.05 bits per heavy atom. The van der Waals surface area contributed by atoms with E-state index in [1.807, 2.05) is 24.3 Å². The van der Waals surface area contributed by atoms with Crippen LogP contribution in [0.2, 0.25) is 0 Å². The fourth-order valence-corrected chi connectivity index (χ4v) is 2.64. The summed E-state index contributed by atoms with van der Waals surface area (Å²) in [6.07, 6.45) is 4.06. The van der Waals surface area contributed by atoms with E-state index in [0.29, 0.717) is 18.9 Å². The fourth-order valence-electron chi connectivity index (χ4n) is 2.64. The standard InChI is InChI=1S/C16H24N2O2/c1-20-15-7-3-2-6-14(15)12-18-16(19)9-8-13-5-4-10-17-11-13/h2-3,6-7,13,17H,4-5,8-12H2,1H3,(H,18,19). The number of amides is 1. The molecule has 0 bridgehead atoms. The van der Waals surface area contributed by atoms with Crippen LogP contribution in [0.5, 0.6) is 5.75 Å². The molecule has 1 atom stereocenters. The summed E-state index contributed by atoms with van der Waals surface area (Å²) in [6.45, 7) is 2.71. The first kappa shape index (κ1) is 14.9. The van der Waals surface area contributed by atoms with Crippen LogP contribution in [0.15, 0.2) is 24.3 Å². The molecule has 0 saturated carbocycles. The molecule has 2 N–H and O–H groups in total. The lowest BCUT2D eigenvalue weighted by Crippen LogP contribution is -2.31. The number of piperidine rings is 1. The van der Waals surface area contributed by atoms with Crippen molar-refractivity contribution in [1.29, 1.82) is 0 Å². The Bertz CT molecular complexity index is 428. The Morgan fingerprint density at radius 2 is 2.30 bits per heavy atom. The largest absolute Gasteiger partial charge is 0.496 e. The summed E-state index contributed by atoms with van der Waals surface area (Å²) in [5, 5.41) is 6.36. The molecule has 1 amide bonds. The average Bonchev–Trinajstić information content (AvgIpc) is 2.52. The van der Waals surface area contributed by atoms with Crippen molar-refractivity contribution >= 4 is 5.91 Å². The number of carbonyl (C=O) groups is 1. The van der Waals surface area contributed by atoms with E-state index in [0.717, 1.165) is 30.8 Å². The van der Waals surface area contributed by atoms with E-state index in [2.05, 4.69) is 10.6 Å². The molecule has 1 aliphatic heterocycles. The van der Waals surface area contributed by atoms with Crippen LogP contribution in [0.4, 0.5) is 0 Å². The summed E-state index contributed by atoms with van der Waals surface area (Å²) in [4.78, 5) is 11.9. The molecule has 20 heavy (non-hydrogen) atoms. The lowest BCUT2D eigenvalue weighted by atomic mass is 9.94. The third kappa shape index (κ3) is 4.53. The smallest absolute Gasteiger partial charge is 0.220 e. The summed E-state index contributed by atoms with van der Waals surface area (Å²) in [7, 11) is 1.65. The number of hydrogen-bond donors (Lipinski definition) is 2. The topological polar surface area (TPSA) is 50.4 Å². The van der Waals surface area contributed by atoms with Crippen molar-refractivity contribution in [3.05, 3.63) is 29.8 Å². The minimum Gasteiger partial charge on any atom is -0.496 e. The normalized spacial score (nSPS) is 18.6. The highest BCUT2D eigenvalue weighted by Gasteiger charge is 2.14. The van der Waals surface area contributed by atoms with Gasteiger partial charge in [-0.25, -0.2) is 0 Å². The first-order valence-corrected chi connectivity index (χ1v) is 7.39. The second kappa shape index (κ2) is 7.90. The molecule has 0 spiro atoms. The zero-order valence-electron chi connectivity index (χ0n) is 12.2. The maximum absolute atomic E-state index is 11.9. The third-order valence-corrected chi connectivity index (χ3v) is 3.85. The molecule has 1 fully saturated rings. The maximum atomic E-state index is 11.9. The van der Waals surface area contributed by atoms with Crippen molar-refractivity contribution in [1.82, 2.24) is 10.6 Å². The predicted octanol–water partition coefficient (Wildman–Crippen LogP) is 2.09. The van der Waals surface area contributed by atoms with Gasteiger partial charge in [-0.3, -0.25) is 4.79 Å². The van der Waals surface area contributed by atoms with Gasteiger partial charge in [-0.15, -0.1) is 0 Å². The van der Waals surface area contributed by atoms with Crippen LogP contribution in [0.1, 0.15) is 31.2 Å². The van der Waals surface area contributed by atoms with Crippen LogP contribution in [0.3, 0.4) is 0 Å². The molecule has 1 heterocycles. The van der Waals surface area contributed by atoms with Crippen LogP contribution in [0, 0.1) is 5.92 Å². The Balaban J connectivity index is 1.71. The monoisotopic (exact) mass is 276 g/mol. The van der Waals surface area contributed by atoms with E-state index in [9.17, 15) is 4.79 Å². The van der Waals surface area contributed by atoms with Crippen LogP contribution in [-0.2, 0) is 11.3 Å². The Morgan fingerprint density at radius 1 is 1.45 bits per heavy atom. The number of carbonyl (C=O) groups excluding carboxylic acids is 1. The first-order chi connectivity index (χ1) is 9.79. The van der Waals surface area contributed by atoms with Gasteiger partial charge in [-0.1, -0.05) is 18.2 Å². The number of para-hydroxylation sites is 1. The van der Waals surface area contributed by atoms with Crippen molar-refractivity contribution in [2.24, 2.45) is 5.92 Å². The average molecular weight is 276 g/mol. The minimum atomic E-state index is 0.126. The van der Waals surface area contributed by atoms with E-state index in [1.165, 1.54) is 12.8 Å². The molecule has 4 heteroatoms. The van der Waals surface area contributed by atoms with Gasteiger partial charge in [0.15, 0.2) is 0 Å². The molecule has 0 radical (unpaired) electrons. The van der Waals surface area contributed by atoms with Crippen molar-refractivity contribution in [2.45, 2.75) is 32.2 Å². The van der Waals surface area contributed by atoms with E-state index in [-0.39, 0.29) is 5.91 Å². The molecule has 4 nitrogen and oxygen atoms in total. The second-order valence-corrected chi connectivity index (χ2v) is 5.34. The zero-order chi connectivity index (χ0) is 14.2. The van der Waals surface area contributed by atoms with Crippen LogP contribution in [-0.4, -0.2) is 26.1 Å². The molecule has 0 aliphatic carbocycles. The van der Waals surface area contributed by atoms with Gasteiger partial charge in [0.2, 0.25) is 5.91 Å². The summed E-state index contributed by atoms with van der Waals surface area (Å²) in [6, 6.07) is 7.78. The van der Waals surface area contributed by atoms with E-state index in [4.69, 9.17) is 4.74 Å². The summed E-state index contributed by atoms with van der Waals surface area (Å²) < 4.78 is 5.27. The summed E-state index contributed by atoms with van der Waals surface area (Å²) in [5.74, 6) is 1.60. The van der Waals surface area contributed by atoms with Gasteiger partial charge in [0.05, 0.1) is 7.11 Å². The molecule has 1 aromatic rings. The molecule has 1 saturated heterocycles. The number of hydrogen-bond acceptors (Lipinski definition) is 3. The van der Waals surface area contributed by atoms with E-state index in [1.54, 1.807) is 7.11 Å². The molecule has 110 valence electrons. The molecular weight excluding hydrogens is 252 g/mol. The van der Waals surface area contributed by atoms with Crippen molar-refractivity contribution < 1.29 is 9.53 Å².